The number of carboxylic acids is 1. The third-order valence-electron chi connectivity index (χ3n) is 9.34. The number of aryl methyl sites for hydroxylation is 1. The first-order chi connectivity index (χ1) is 20.0. The second-order valence-corrected chi connectivity index (χ2v) is 13.8. The number of piperidine rings is 1. The van der Waals surface area contributed by atoms with Crippen LogP contribution >= 0.6 is 0 Å². The van der Waals surface area contributed by atoms with Crippen molar-refractivity contribution in [3.05, 3.63) is 71.8 Å². The number of aromatic amines is 1. The van der Waals surface area contributed by atoms with E-state index >= 15 is 0 Å². The summed E-state index contributed by atoms with van der Waals surface area (Å²) >= 11 is 0. The monoisotopic (exact) mass is 575 g/mol. The van der Waals surface area contributed by atoms with Gasteiger partial charge in [0.2, 0.25) is 0 Å². The number of hydrogen-bond donors (Lipinski definition) is 2. The molecule has 2 atom stereocenters. The number of aliphatic carboxylic acids is 1. The molecule has 0 bridgehead atoms. The van der Waals surface area contributed by atoms with Crippen molar-refractivity contribution < 1.29 is 9.90 Å². The topological polar surface area (TPSA) is 93.5 Å². The lowest BCUT2D eigenvalue weighted by Crippen LogP contribution is -2.48. The van der Waals surface area contributed by atoms with Gasteiger partial charge in [-0.1, -0.05) is 52.0 Å². The van der Waals surface area contributed by atoms with Crippen molar-refractivity contribution in [2.75, 3.05) is 19.6 Å². The van der Waals surface area contributed by atoms with Crippen LogP contribution in [0.3, 0.4) is 0 Å². The minimum absolute atomic E-state index is 0.0868. The van der Waals surface area contributed by atoms with E-state index in [0.29, 0.717) is 19.6 Å². The first-order valence-electron chi connectivity index (χ1n) is 15.5. The minimum atomic E-state index is -0.679. The lowest BCUT2D eigenvalue weighted by Gasteiger charge is -2.45. The maximum atomic E-state index is 12.5. The lowest BCUT2D eigenvalue weighted by atomic mass is 9.70. The van der Waals surface area contributed by atoms with Gasteiger partial charge in [-0.3, -0.25) is 14.6 Å². The van der Waals surface area contributed by atoms with Crippen molar-refractivity contribution in [2.24, 2.45) is 17.9 Å². The zero-order valence-electron chi connectivity index (χ0n) is 26.1. The molecule has 0 radical (unpaired) electrons. The van der Waals surface area contributed by atoms with Crippen LogP contribution in [0, 0.1) is 10.8 Å². The highest BCUT2D eigenvalue weighted by molar-refractivity contribution is 5.74. The van der Waals surface area contributed by atoms with Gasteiger partial charge in [0.05, 0.1) is 13.1 Å². The molecular formula is C33H49N7O2. The van der Waals surface area contributed by atoms with Gasteiger partial charge >= 0.3 is 5.97 Å². The van der Waals surface area contributed by atoms with Crippen molar-refractivity contribution in [3.63, 3.8) is 0 Å². The molecule has 228 valence electrons. The van der Waals surface area contributed by atoms with Gasteiger partial charge < -0.3 is 19.6 Å². The molecule has 2 aromatic heterocycles. The van der Waals surface area contributed by atoms with E-state index in [0.717, 1.165) is 63.5 Å². The summed E-state index contributed by atoms with van der Waals surface area (Å²) in [5.74, 6) is 1.26. The maximum Gasteiger partial charge on any atom is 0.320 e. The first-order valence-corrected chi connectivity index (χ1v) is 15.5. The highest BCUT2D eigenvalue weighted by Crippen LogP contribution is 2.50. The molecule has 2 N–H and O–H groups in total. The number of carboxylic acid groups (broad SMARTS) is 1. The number of H-pyrrole nitrogens is 1. The Hall–Kier alpha value is -3.01. The summed E-state index contributed by atoms with van der Waals surface area (Å²) in [4.78, 5) is 31.9. The van der Waals surface area contributed by atoms with E-state index in [9.17, 15) is 9.90 Å². The average molecular weight is 576 g/mol. The van der Waals surface area contributed by atoms with Crippen molar-refractivity contribution in [1.29, 1.82) is 0 Å². The largest absolute Gasteiger partial charge is 0.480 e. The number of rotatable bonds is 11. The van der Waals surface area contributed by atoms with E-state index in [1.165, 1.54) is 11.1 Å². The molecule has 2 aliphatic rings. The SMILES string of the molecule is CCC1N(Cc2ccc(CN(Cc3ncc[nH]3)Cc3nccn3C)cc2)[C@H](C(=O)O)CC12CCN(CC(C)(C)C)CC2. The summed E-state index contributed by atoms with van der Waals surface area (Å²) in [5.41, 5.74) is 2.75. The molecule has 9 nitrogen and oxygen atoms in total. The Balaban J connectivity index is 1.27. The Bertz CT molecular complexity index is 1290. The van der Waals surface area contributed by atoms with E-state index in [2.05, 4.69) is 86.2 Å². The molecule has 0 amide bonds. The summed E-state index contributed by atoms with van der Waals surface area (Å²) in [6.07, 6.45) is 11.4. The molecule has 5 rings (SSSR count). The fourth-order valence-electron chi connectivity index (χ4n) is 7.42. The van der Waals surface area contributed by atoms with Crippen LogP contribution in [0.15, 0.2) is 49.1 Å². The standard InChI is InChI=1S/C33H49N7O2/c1-6-28-33(11-16-38(17-12-33)24-32(2,3)4)19-27(31(41)42)40(28)21-26-9-7-25(8-10-26)20-39(22-29-34-13-14-35-29)23-30-36-15-18-37(30)5/h7-10,13-15,18,27-28H,6,11-12,16-17,19-24H2,1-5H3,(H,34,35)(H,41,42)/t27-,28?/m0/s1. The number of aromatic nitrogens is 4. The van der Waals surface area contributed by atoms with Crippen molar-refractivity contribution in [2.45, 2.75) is 91.6 Å². The van der Waals surface area contributed by atoms with Crippen LogP contribution in [0.1, 0.15) is 76.2 Å². The molecule has 2 aliphatic heterocycles. The number of carbonyl (C=O) groups is 1. The van der Waals surface area contributed by atoms with Crippen molar-refractivity contribution in [1.82, 2.24) is 34.2 Å². The van der Waals surface area contributed by atoms with Crippen LogP contribution in [0.5, 0.6) is 0 Å². The Morgan fingerprint density at radius 1 is 1.07 bits per heavy atom. The minimum Gasteiger partial charge on any atom is -0.480 e. The summed E-state index contributed by atoms with van der Waals surface area (Å²) < 4.78 is 2.05. The highest BCUT2D eigenvalue weighted by atomic mass is 16.4. The second kappa shape index (κ2) is 12.7. The Labute approximate surface area is 251 Å². The molecule has 4 heterocycles. The predicted octanol–water partition coefficient (Wildman–Crippen LogP) is 4.91. The first kappa shape index (κ1) is 30.4. The molecule has 0 aliphatic carbocycles. The Morgan fingerprint density at radius 2 is 1.79 bits per heavy atom. The third kappa shape index (κ3) is 7.13. The normalized spacial score (nSPS) is 21.5. The summed E-state index contributed by atoms with van der Waals surface area (Å²) in [6, 6.07) is 8.61. The van der Waals surface area contributed by atoms with Gasteiger partial charge in [0.25, 0.3) is 0 Å². The van der Waals surface area contributed by atoms with Crippen LogP contribution in [-0.2, 0) is 38.0 Å². The van der Waals surface area contributed by atoms with E-state index in [4.69, 9.17) is 0 Å². The average Bonchev–Trinajstić information content (AvgIpc) is 3.66. The number of imidazole rings is 2. The summed E-state index contributed by atoms with van der Waals surface area (Å²) in [7, 11) is 2.02. The Kier molecular flexibility index (Phi) is 9.20. The molecule has 0 saturated carbocycles. The van der Waals surface area contributed by atoms with E-state index in [-0.39, 0.29) is 16.9 Å². The van der Waals surface area contributed by atoms with Crippen LogP contribution in [0.25, 0.3) is 0 Å². The van der Waals surface area contributed by atoms with Crippen LogP contribution in [0.2, 0.25) is 0 Å². The molecule has 1 unspecified atom stereocenters. The van der Waals surface area contributed by atoms with Gasteiger partial charge in [-0.2, -0.15) is 0 Å². The molecule has 2 saturated heterocycles. The predicted molar refractivity (Wildman–Crippen MR) is 164 cm³/mol. The number of nitrogens with zero attached hydrogens (tertiary/aromatic N) is 6. The smallest absolute Gasteiger partial charge is 0.320 e. The molecule has 2 fully saturated rings. The molecule has 3 aromatic rings. The fraction of sp³-hybridized carbons (Fsp3) is 0.606. The van der Waals surface area contributed by atoms with Crippen LogP contribution < -0.4 is 0 Å². The van der Waals surface area contributed by atoms with Gasteiger partial charge in [0.1, 0.15) is 17.7 Å². The number of nitrogens with one attached hydrogen (secondary N) is 1. The molecular weight excluding hydrogens is 526 g/mol. The maximum absolute atomic E-state index is 12.5. The lowest BCUT2D eigenvalue weighted by molar-refractivity contribution is -0.142. The van der Waals surface area contributed by atoms with Crippen molar-refractivity contribution in [3.8, 4) is 0 Å². The summed E-state index contributed by atoms with van der Waals surface area (Å²) in [5, 5.41) is 10.3. The van der Waals surface area contributed by atoms with E-state index in [1.54, 1.807) is 6.20 Å². The fourth-order valence-corrected chi connectivity index (χ4v) is 7.42. The quantitative estimate of drug-likeness (QED) is 0.336. The zero-order valence-corrected chi connectivity index (χ0v) is 26.1. The summed E-state index contributed by atoms with van der Waals surface area (Å²) in [6.45, 7) is 15.2. The highest BCUT2D eigenvalue weighted by Gasteiger charge is 2.54. The van der Waals surface area contributed by atoms with Gasteiger partial charge in [-0.25, -0.2) is 9.97 Å². The molecule has 1 aromatic carbocycles. The molecule has 9 heteroatoms. The van der Waals surface area contributed by atoms with E-state index in [1.807, 2.05) is 25.6 Å². The third-order valence-corrected chi connectivity index (χ3v) is 9.34. The zero-order chi connectivity index (χ0) is 29.9. The van der Waals surface area contributed by atoms with Crippen molar-refractivity contribution >= 4 is 5.97 Å². The number of likely N-dealkylation sites (tertiary alicyclic amines) is 2. The number of hydrogen-bond acceptors (Lipinski definition) is 6. The van der Waals surface area contributed by atoms with Gasteiger partial charge in [-0.05, 0) is 60.7 Å². The van der Waals surface area contributed by atoms with Gasteiger partial charge in [-0.15, -0.1) is 0 Å². The van der Waals surface area contributed by atoms with Crippen LogP contribution in [-0.4, -0.2) is 77.0 Å². The molecule has 1 spiro atoms. The van der Waals surface area contributed by atoms with Gasteiger partial charge in [0, 0.05) is 57.5 Å². The second-order valence-electron chi connectivity index (χ2n) is 13.8. The molecule has 42 heavy (non-hydrogen) atoms. The van der Waals surface area contributed by atoms with E-state index < -0.39 is 12.0 Å². The van der Waals surface area contributed by atoms with Crippen LogP contribution in [0.4, 0.5) is 0 Å². The Morgan fingerprint density at radius 3 is 2.36 bits per heavy atom. The van der Waals surface area contributed by atoms with Gasteiger partial charge in [0.15, 0.2) is 0 Å². The number of benzene rings is 1.